The normalized spacial score (nSPS) is 14.2. The van der Waals surface area contributed by atoms with Gasteiger partial charge in [0.15, 0.2) is 0 Å². The molecule has 0 aliphatic heterocycles. The number of fused-ring (bicyclic) bond motifs is 1. The number of nitrogens with one attached hydrogen (secondary N) is 2. The first-order chi connectivity index (χ1) is 10.0. The van der Waals surface area contributed by atoms with Crippen molar-refractivity contribution in [3.63, 3.8) is 0 Å². The molecule has 0 bridgehead atoms. The highest BCUT2D eigenvalue weighted by molar-refractivity contribution is 7.92. The van der Waals surface area contributed by atoms with Gasteiger partial charge in [0.1, 0.15) is 0 Å². The lowest BCUT2D eigenvalue weighted by Crippen LogP contribution is -2.16. The van der Waals surface area contributed by atoms with E-state index in [9.17, 15) is 8.42 Å². The van der Waals surface area contributed by atoms with Crippen LogP contribution in [-0.4, -0.2) is 18.6 Å². The SMILES string of the molecule is Cc1[nH]nc(S(=O)(=O)Nc2ccc3c(c2)CCC3)c1CN. The first-order valence-corrected chi connectivity index (χ1v) is 8.38. The van der Waals surface area contributed by atoms with E-state index in [0.717, 1.165) is 19.3 Å². The molecule has 0 fully saturated rings. The Morgan fingerprint density at radius 3 is 2.86 bits per heavy atom. The molecular formula is C14H18N4O2S. The zero-order valence-corrected chi connectivity index (χ0v) is 12.6. The minimum atomic E-state index is -3.73. The molecule has 2 aromatic rings. The Hall–Kier alpha value is -1.86. The van der Waals surface area contributed by atoms with E-state index in [1.54, 1.807) is 13.0 Å². The Morgan fingerprint density at radius 2 is 2.10 bits per heavy atom. The number of nitrogens with zero attached hydrogens (tertiary/aromatic N) is 1. The van der Waals surface area contributed by atoms with E-state index in [4.69, 9.17) is 5.73 Å². The first kappa shape index (κ1) is 14.1. The molecule has 21 heavy (non-hydrogen) atoms. The molecule has 0 saturated heterocycles. The molecule has 1 aromatic carbocycles. The highest BCUT2D eigenvalue weighted by Gasteiger charge is 2.23. The van der Waals surface area contributed by atoms with Crippen molar-refractivity contribution in [3.8, 4) is 0 Å². The number of rotatable bonds is 4. The predicted molar refractivity (Wildman–Crippen MR) is 80.5 cm³/mol. The van der Waals surface area contributed by atoms with Crippen molar-refractivity contribution >= 4 is 15.7 Å². The van der Waals surface area contributed by atoms with Crippen LogP contribution in [0.5, 0.6) is 0 Å². The second-order valence-corrected chi connectivity index (χ2v) is 6.88. The number of hydrogen-bond acceptors (Lipinski definition) is 4. The molecule has 0 amide bonds. The highest BCUT2D eigenvalue weighted by Crippen LogP contribution is 2.26. The van der Waals surface area contributed by atoms with E-state index < -0.39 is 10.0 Å². The molecule has 7 heteroatoms. The van der Waals surface area contributed by atoms with Gasteiger partial charge in [0.05, 0.1) is 0 Å². The topological polar surface area (TPSA) is 101 Å². The largest absolute Gasteiger partial charge is 0.326 e. The summed E-state index contributed by atoms with van der Waals surface area (Å²) >= 11 is 0. The third kappa shape index (κ3) is 2.54. The zero-order chi connectivity index (χ0) is 15.0. The van der Waals surface area contributed by atoms with Crippen molar-refractivity contribution in [1.82, 2.24) is 10.2 Å². The summed E-state index contributed by atoms with van der Waals surface area (Å²) in [5.41, 5.74) is 9.88. The third-order valence-corrected chi connectivity index (χ3v) is 5.20. The van der Waals surface area contributed by atoms with E-state index in [1.807, 2.05) is 12.1 Å². The quantitative estimate of drug-likeness (QED) is 0.796. The minimum absolute atomic E-state index is 0.0250. The van der Waals surface area contributed by atoms with Crippen molar-refractivity contribution in [2.75, 3.05) is 4.72 Å². The van der Waals surface area contributed by atoms with Gasteiger partial charge in [-0.2, -0.15) is 13.5 Å². The molecule has 3 rings (SSSR count). The smallest absolute Gasteiger partial charge is 0.281 e. The molecule has 1 heterocycles. The summed E-state index contributed by atoms with van der Waals surface area (Å²) in [4.78, 5) is 0. The first-order valence-electron chi connectivity index (χ1n) is 6.90. The molecule has 0 spiro atoms. The van der Waals surface area contributed by atoms with Crippen LogP contribution in [-0.2, 0) is 29.4 Å². The van der Waals surface area contributed by atoms with Crippen LogP contribution >= 0.6 is 0 Å². The number of sulfonamides is 1. The molecule has 0 radical (unpaired) electrons. The van der Waals surface area contributed by atoms with Gasteiger partial charge >= 0.3 is 0 Å². The molecule has 112 valence electrons. The van der Waals surface area contributed by atoms with Crippen LogP contribution in [0, 0.1) is 6.92 Å². The Labute approximate surface area is 123 Å². The molecular weight excluding hydrogens is 288 g/mol. The lowest BCUT2D eigenvalue weighted by molar-refractivity contribution is 0.596. The fourth-order valence-electron chi connectivity index (χ4n) is 2.73. The Balaban J connectivity index is 1.93. The van der Waals surface area contributed by atoms with E-state index in [-0.39, 0.29) is 11.6 Å². The van der Waals surface area contributed by atoms with Crippen LogP contribution in [0.1, 0.15) is 28.8 Å². The molecule has 4 N–H and O–H groups in total. The number of anilines is 1. The fourth-order valence-corrected chi connectivity index (χ4v) is 3.99. The number of H-pyrrole nitrogens is 1. The van der Waals surface area contributed by atoms with E-state index in [2.05, 4.69) is 14.9 Å². The summed E-state index contributed by atoms with van der Waals surface area (Å²) in [7, 11) is -3.73. The Kier molecular flexibility index (Phi) is 3.46. The summed E-state index contributed by atoms with van der Waals surface area (Å²) in [6, 6.07) is 5.69. The maximum Gasteiger partial charge on any atom is 0.281 e. The molecule has 6 nitrogen and oxygen atoms in total. The lowest BCUT2D eigenvalue weighted by Gasteiger charge is -2.09. The van der Waals surface area contributed by atoms with Gasteiger partial charge in [0.2, 0.25) is 5.03 Å². The average Bonchev–Trinajstić information content (AvgIpc) is 3.03. The van der Waals surface area contributed by atoms with Gasteiger partial charge in [-0.25, -0.2) is 0 Å². The van der Waals surface area contributed by atoms with Crippen LogP contribution in [0.3, 0.4) is 0 Å². The standard InChI is InChI=1S/C14H18N4O2S/c1-9-13(8-15)14(17-16-9)21(19,20)18-12-6-5-10-3-2-4-11(10)7-12/h5-7,18H,2-4,8,15H2,1H3,(H,16,17). The van der Waals surface area contributed by atoms with Gasteiger partial charge in [-0.3, -0.25) is 9.82 Å². The molecule has 1 aromatic heterocycles. The lowest BCUT2D eigenvalue weighted by atomic mass is 10.1. The fraction of sp³-hybridized carbons (Fsp3) is 0.357. The predicted octanol–water partition coefficient (Wildman–Crippen LogP) is 1.47. The average molecular weight is 306 g/mol. The van der Waals surface area contributed by atoms with E-state index in [0.29, 0.717) is 16.9 Å². The van der Waals surface area contributed by atoms with Gasteiger partial charge in [0, 0.05) is 23.5 Å². The van der Waals surface area contributed by atoms with E-state index >= 15 is 0 Å². The minimum Gasteiger partial charge on any atom is -0.326 e. The number of nitrogens with two attached hydrogens (primary N) is 1. The maximum absolute atomic E-state index is 12.4. The Bertz CT molecular complexity index is 780. The van der Waals surface area contributed by atoms with Gasteiger partial charge < -0.3 is 5.73 Å². The molecule has 1 aliphatic carbocycles. The molecule has 1 aliphatic rings. The second kappa shape index (κ2) is 5.16. The van der Waals surface area contributed by atoms with Crippen LogP contribution in [0.25, 0.3) is 0 Å². The second-order valence-electron chi connectivity index (χ2n) is 5.28. The van der Waals surface area contributed by atoms with Crippen molar-refractivity contribution in [2.45, 2.75) is 37.8 Å². The van der Waals surface area contributed by atoms with Gasteiger partial charge in [-0.05, 0) is 49.4 Å². The van der Waals surface area contributed by atoms with Crippen LogP contribution in [0.2, 0.25) is 0 Å². The number of aromatic nitrogens is 2. The van der Waals surface area contributed by atoms with Gasteiger partial charge in [0.25, 0.3) is 10.0 Å². The Morgan fingerprint density at radius 1 is 1.33 bits per heavy atom. The summed E-state index contributed by atoms with van der Waals surface area (Å²) in [5.74, 6) is 0. The number of aryl methyl sites for hydroxylation is 3. The molecule has 0 atom stereocenters. The summed E-state index contributed by atoms with van der Waals surface area (Å²) < 4.78 is 27.5. The number of hydrogen-bond donors (Lipinski definition) is 3. The van der Waals surface area contributed by atoms with E-state index in [1.165, 1.54) is 11.1 Å². The maximum atomic E-state index is 12.4. The van der Waals surface area contributed by atoms with Crippen LogP contribution < -0.4 is 10.5 Å². The van der Waals surface area contributed by atoms with Crippen molar-refractivity contribution < 1.29 is 8.42 Å². The zero-order valence-electron chi connectivity index (χ0n) is 11.8. The monoisotopic (exact) mass is 306 g/mol. The summed E-state index contributed by atoms with van der Waals surface area (Å²) in [6.07, 6.45) is 3.19. The van der Waals surface area contributed by atoms with Gasteiger partial charge in [-0.1, -0.05) is 6.07 Å². The van der Waals surface area contributed by atoms with Crippen LogP contribution in [0.15, 0.2) is 23.2 Å². The highest BCUT2D eigenvalue weighted by atomic mass is 32.2. The number of benzene rings is 1. The molecule has 0 saturated carbocycles. The summed E-state index contributed by atoms with van der Waals surface area (Å²) in [5, 5.41) is 6.52. The molecule has 0 unspecified atom stereocenters. The number of aromatic amines is 1. The van der Waals surface area contributed by atoms with Crippen LogP contribution in [0.4, 0.5) is 5.69 Å². The van der Waals surface area contributed by atoms with Crippen molar-refractivity contribution in [1.29, 1.82) is 0 Å². The van der Waals surface area contributed by atoms with Crippen molar-refractivity contribution in [2.24, 2.45) is 5.73 Å². The van der Waals surface area contributed by atoms with Crippen molar-refractivity contribution in [3.05, 3.63) is 40.6 Å². The third-order valence-electron chi connectivity index (χ3n) is 3.85. The van der Waals surface area contributed by atoms with Gasteiger partial charge in [-0.15, -0.1) is 0 Å². The summed E-state index contributed by atoms with van der Waals surface area (Å²) in [6.45, 7) is 1.88.